The van der Waals surface area contributed by atoms with Crippen LogP contribution in [0, 0.1) is 0 Å². The van der Waals surface area contributed by atoms with E-state index < -0.39 is 0 Å². The van der Waals surface area contributed by atoms with Crippen molar-refractivity contribution in [2.24, 2.45) is 5.10 Å². The number of hydrogen-bond donors (Lipinski definition) is 3. The smallest absolute Gasteiger partial charge is 0.264 e. The van der Waals surface area contributed by atoms with E-state index in [-0.39, 0.29) is 17.6 Å². The fourth-order valence-electron chi connectivity index (χ4n) is 3.13. The summed E-state index contributed by atoms with van der Waals surface area (Å²) in [7, 11) is 3.98. The lowest BCUT2D eigenvalue weighted by molar-refractivity contribution is -0.113. The van der Waals surface area contributed by atoms with Gasteiger partial charge in [0.05, 0.1) is 12.0 Å². The number of aromatic nitrogens is 3. The molecule has 3 aromatic carbocycles. The van der Waals surface area contributed by atoms with E-state index in [9.17, 15) is 4.79 Å². The van der Waals surface area contributed by atoms with Crippen LogP contribution in [0.15, 0.2) is 77.0 Å². The predicted molar refractivity (Wildman–Crippen MR) is 135 cm³/mol. The zero-order chi connectivity index (χ0) is 23.2. The van der Waals surface area contributed by atoms with Crippen molar-refractivity contribution >= 4 is 52.0 Å². The lowest BCUT2D eigenvalue weighted by Crippen LogP contribution is -2.17. The van der Waals surface area contributed by atoms with E-state index in [0.29, 0.717) is 5.16 Å². The summed E-state index contributed by atoms with van der Waals surface area (Å²) in [5, 5.41) is 17.6. The predicted octanol–water partition coefficient (Wildman–Crippen LogP) is 3.39. The van der Waals surface area contributed by atoms with Gasteiger partial charge < -0.3 is 16.1 Å². The van der Waals surface area contributed by atoms with Gasteiger partial charge in [-0.1, -0.05) is 60.3 Å². The van der Waals surface area contributed by atoms with Gasteiger partial charge >= 0.3 is 0 Å². The van der Waals surface area contributed by atoms with Gasteiger partial charge in [0.1, 0.15) is 0 Å². The van der Waals surface area contributed by atoms with E-state index in [2.05, 4.69) is 26.0 Å². The highest BCUT2D eigenvalue weighted by atomic mass is 32.2. The molecule has 1 heterocycles. The maximum Gasteiger partial charge on any atom is 0.264 e. The molecule has 0 saturated heterocycles. The number of thioether (sulfide) groups is 1. The Bertz CT molecular complexity index is 1280. The fourth-order valence-corrected chi connectivity index (χ4v) is 3.78. The number of nitrogens with zero attached hydrogens (tertiary/aromatic N) is 5. The van der Waals surface area contributed by atoms with Gasteiger partial charge in [-0.2, -0.15) is 5.10 Å². The standard InChI is InChI=1S/C23H24N8OS/c1-30(2)18-12-10-16(11-13-18)14-25-27-22-28-29-23(31(22)24)33-15-21(32)26-20-9-5-7-17-6-3-4-8-19(17)20/h3-14H,15,24H2,1-2H3,(H,26,32)(H,27,28)/b25-14+. The van der Waals surface area contributed by atoms with Crippen molar-refractivity contribution in [2.75, 3.05) is 41.3 Å². The molecule has 0 saturated carbocycles. The first-order chi connectivity index (χ1) is 16.0. The minimum Gasteiger partial charge on any atom is -0.378 e. The summed E-state index contributed by atoms with van der Waals surface area (Å²) in [6.45, 7) is 0. The van der Waals surface area contributed by atoms with Crippen molar-refractivity contribution in [1.29, 1.82) is 0 Å². The zero-order valence-electron chi connectivity index (χ0n) is 18.3. The molecule has 0 aliphatic carbocycles. The second-order valence-corrected chi connectivity index (χ2v) is 8.34. The number of carbonyl (C=O) groups excluding carboxylic acids is 1. The molecular weight excluding hydrogens is 436 g/mol. The number of nitrogens with two attached hydrogens (primary N) is 1. The molecule has 10 heteroatoms. The zero-order valence-corrected chi connectivity index (χ0v) is 19.1. The molecular formula is C23H24N8OS. The fraction of sp³-hybridized carbons (Fsp3) is 0.130. The molecule has 0 atom stereocenters. The molecule has 0 fully saturated rings. The number of nitrogens with one attached hydrogen (secondary N) is 2. The lowest BCUT2D eigenvalue weighted by Gasteiger charge is -2.11. The third kappa shape index (κ3) is 5.42. The number of rotatable bonds is 8. The molecule has 1 amide bonds. The van der Waals surface area contributed by atoms with E-state index in [1.165, 1.54) is 16.4 Å². The van der Waals surface area contributed by atoms with Crippen LogP contribution in [0.4, 0.5) is 17.3 Å². The molecule has 0 radical (unpaired) electrons. The minimum absolute atomic E-state index is 0.139. The highest BCUT2D eigenvalue weighted by molar-refractivity contribution is 7.99. The molecule has 4 aromatic rings. The molecule has 0 aliphatic heterocycles. The summed E-state index contributed by atoms with van der Waals surface area (Å²) in [5.74, 6) is 6.30. The highest BCUT2D eigenvalue weighted by Gasteiger charge is 2.13. The van der Waals surface area contributed by atoms with Gasteiger partial charge in [-0.05, 0) is 29.1 Å². The van der Waals surface area contributed by atoms with Gasteiger partial charge in [0.2, 0.25) is 11.1 Å². The number of carbonyl (C=O) groups is 1. The SMILES string of the molecule is CN(C)c1ccc(/C=N/Nc2nnc(SCC(=O)Nc3cccc4ccccc34)n2N)cc1. The maximum atomic E-state index is 12.5. The van der Waals surface area contributed by atoms with Crippen LogP contribution in [0.2, 0.25) is 0 Å². The average molecular weight is 461 g/mol. The van der Waals surface area contributed by atoms with E-state index in [0.717, 1.165) is 27.7 Å². The van der Waals surface area contributed by atoms with Crippen LogP contribution in [0.3, 0.4) is 0 Å². The van der Waals surface area contributed by atoms with E-state index in [4.69, 9.17) is 5.84 Å². The quantitative estimate of drug-likeness (QED) is 0.160. The van der Waals surface area contributed by atoms with Crippen LogP contribution in [-0.2, 0) is 4.79 Å². The van der Waals surface area contributed by atoms with Gasteiger partial charge in [0, 0.05) is 30.9 Å². The summed E-state index contributed by atoms with van der Waals surface area (Å²) in [5.41, 5.74) is 5.57. The number of fused-ring (bicyclic) bond motifs is 1. The normalized spacial score (nSPS) is 11.1. The third-order valence-electron chi connectivity index (χ3n) is 4.85. The van der Waals surface area contributed by atoms with E-state index >= 15 is 0 Å². The Morgan fingerprint density at radius 2 is 1.85 bits per heavy atom. The second kappa shape index (κ2) is 10.0. The van der Waals surface area contributed by atoms with Gasteiger partial charge in [-0.15, -0.1) is 10.2 Å². The Morgan fingerprint density at radius 1 is 1.09 bits per heavy atom. The largest absolute Gasteiger partial charge is 0.378 e. The molecule has 168 valence electrons. The first-order valence-corrected chi connectivity index (χ1v) is 11.2. The number of anilines is 3. The Labute approximate surface area is 195 Å². The van der Waals surface area contributed by atoms with Gasteiger partial charge in [0.25, 0.3) is 5.95 Å². The second-order valence-electron chi connectivity index (χ2n) is 7.40. The molecule has 0 aliphatic rings. The Morgan fingerprint density at radius 3 is 2.64 bits per heavy atom. The molecule has 0 bridgehead atoms. The minimum atomic E-state index is -0.159. The summed E-state index contributed by atoms with van der Waals surface area (Å²) in [4.78, 5) is 14.5. The van der Waals surface area contributed by atoms with Crippen LogP contribution in [0.5, 0.6) is 0 Å². The van der Waals surface area contributed by atoms with Crippen molar-refractivity contribution in [3.63, 3.8) is 0 Å². The molecule has 1 aromatic heterocycles. The van der Waals surface area contributed by atoms with E-state index in [1.807, 2.05) is 85.7 Å². The van der Waals surface area contributed by atoms with Crippen LogP contribution in [-0.4, -0.2) is 46.8 Å². The Kier molecular flexibility index (Phi) is 6.75. The third-order valence-corrected chi connectivity index (χ3v) is 5.79. The van der Waals surface area contributed by atoms with Crippen LogP contribution in [0.25, 0.3) is 10.8 Å². The number of benzene rings is 3. The number of hydrazone groups is 1. The van der Waals surface area contributed by atoms with Crippen molar-refractivity contribution < 1.29 is 4.79 Å². The molecule has 4 rings (SSSR count). The first kappa shape index (κ1) is 22.2. The topological polar surface area (TPSA) is 113 Å². The van der Waals surface area contributed by atoms with Crippen molar-refractivity contribution in [3.8, 4) is 0 Å². The Hall–Kier alpha value is -4.05. The van der Waals surface area contributed by atoms with Crippen LogP contribution in [0.1, 0.15) is 5.56 Å². The maximum absolute atomic E-state index is 12.5. The van der Waals surface area contributed by atoms with Crippen molar-refractivity contribution in [3.05, 3.63) is 72.3 Å². The average Bonchev–Trinajstić information content (AvgIpc) is 3.17. The van der Waals surface area contributed by atoms with Gasteiger partial charge in [0.15, 0.2) is 0 Å². The molecule has 33 heavy (non-hydrogen) atoms. The Balaban J connectivity index is 1.32. The van der Waals surface area contributed by atoms with Crippen molar-refractivity contribution in [1.82, 2.24) is 14.9 Å². The lowest BCUT2D eigenvalue weighted by atomic mass is 10.1. The molecule has 9 nitrogen and oxygen atoms in total. The number of hydrogen-bond acceptors (Lipinski definition) is 8. The summed E-state index contributed by atoms with van der Waals surface area (Å²) < 4.78 is 1.27. The first-order valence-electron chi connectivity index (χ1n) is 10.2. The monoisotopic (exact) mass is 460 g/mol. The molecule has 0 unspecified atom stereocenters. The van der Waals surface area contributed by atoms with Crippen LogP contribution < -0.4 is 21.5 Å². The molecule has 0 spiro atoms. The highest BCUT2D eigenvalue weighted by Crippen LogP contribution is 2.24. The van der Waals surface area contributed by atoms with Crippen molar-refractivity contribution in [2.45, 2.75) is 5.16 Å². The summed E-state index contributed by atoms with van der Waals surface area (Å²) in [6, 6.07) is 21.6. The summed E-state index contributed by atoms with van der Waals surface area (Å²) in [6.07, 6.45) is 1.67. The number of amides is 1. The van der Waals surface area contributed by atoms with Gasteiger partial charge in [-0.3, -0.25) is 4.79 Å². The van der Waals surface area contributed by atoms with E-state index in [1.54, 1.807) is 6.21 Å². The molecule has 4 N–H and O–H groups in total. The van der Waals surface area contributed by atoms with Crippen LogP contribution >= 0.6 is 11.8 Å². The van der Waals surface area contributed by atoms with Gasteiger partial charge in [-0.25, -0.2) is 10.1 Å². The summed E-state index contributed by atoms with van der Waals surface area (Å²) >= 11 is 1.19. The number of nitrogen functional groups attached to an aromatic ring is 1.